The summed E-state index contributed by atoms with van der Waals surface area (Å²) < 4.78 is 0. The minimum Gasteiger partial charge on any atom is -0.315 e. The molecule has 2 nitrogen and oxygen atoms in total. The van der Waals surface area contributed by atoms with E-state index >= 15 is 0 Å². The third kappa shape index (κ3) is 2.69. The first kappa shape index (κ1) is 13.2. The Hall–Kier alpha value is -1.83. The molecule has 0 bridgehead atoms. The Labute approximate surface area is 120 Å². The molecule has 0 heterocycles. The van der Waals surface area contributed by atoms with Gasteiger partial charge in [-0.3, -0.25) is 4.79 Å². The lowest BCUT2D eigenvalue weighted by Crippen LogP contribution is -2.27. The fraction of sp³-hybridized carbons (Fsp3) is 0.389. The van der Waals surface area contributed by atoms with Crippen LogP contribution in [-0.4, -0.2) is 13.0 Å². The van der Waals surface area contributed by atoms with Gasteiger partial charge >= 0.3 is 0 Å². The van der Waals surface area contributed by atoms with Gasteiger partial charge in [0, 0.05) is 19.2 Å². The molecule has 1 amide bonds. The van der Waals surface area contributed by atoms with Crippen LogP contribution in [-0.2, 0) is 4.79 Å². The number of nitrogens with zero attached hydrogens (tertiary/aromatic N) is 1. The topological polar surface area (TPSA) is 20.3 Å². The highest BCUT2D eigenvalue weighted by atomic mass is 16.2. The van der Waals surface area contributed by atoms with Crippen molar-refractivity contribution in [3.63, 3.8) is 0 Å². The molecule has 1 aliphatic rings. The average molecular weight is 267 g/mol. The lowest BCUT2D eigenvalue weighted by atomic mass is 10.0. The summed E-state index contributed by atoms with van der Waals surface area (Å²) in [4.78, 5) is 14.2. The molecule has 0 aromatic heterocycles. The summed E-state index contributed by atoms with van der Waals surface area (Å²) in [6.07, 6.45) is 5.72. The summed E-state index contributed by atoms with van der Waals surface area (Å²) in [6, 6.07) is 14.5. The Bertz CT molecular complexity index is 614. The lowest BCUT2D eigenvalue weighted by molar-refractivity contribution is -0.119. The summed E-state index contributed by atoms with van der Waals surface area (Å²) >= 11 is 0. The molecule has 0 aliphatic heterocycles. The molecule has 3 rings (SSSR count). The van der Waals surface area contributed by atoms with Crippen molar-refractivity contribution in [3.8, 4) is 0 Å². The maximum Gasteiger partial charge on any atom is 0.226 e. The van der Waals surface area contributed by atoms with Crippen LogP contribution in [0.3, 0.4) is 0 Å². The molecule has 2 aromatic carbocycles. The quantitative estimate of drug-likeness (QED) is 0.808. The Morgan fingerprint density at radius 1 is 1.10 bits per heavy atom. The SMILES string of the molecule is CN(C(=O)CC1CCCC1)c1ccc2ccccc2c1. The molecule has 0 spiro atoms. The summed E-state index contributed by atoms with van der Waals surface area (Å²) in [5.74, 6) is 0.845. The van der Waals surface area contributed by atoms with E-state index in [-0.39, 0.29) is 5.91 Å². The molecule has 104 valence electrons. The minimum atomic E-state index is 0.243. The average Bonchev–Trinajstić information content (AvgIpc) is 2.99. The first-order valence-electron chi connectivity index (χ1n) is 7.49. The lowest BCUT2D eigenvalue weighted by Gasteiger charge is -2.20. The predicted octanol–water partition coefficient (Wildman–Crippen LogP) is 4.38. The van der Waals surface area contributed by atoms with Gasteiger partial charge in [0.15, 0.2) is 0 Å². The maximum atomic E-state index is 12.4. The highest BCUT2D eigenvalue weighted by Crippen LogP contribution is 2.29. The van der Waals surface area contributed by atoms with Crippen molar-refractivity contribution in [3.05, 3.63) is 42.5 Å². The zero-order valence-corrected chi connectivity index (χ0v) is 12.0. The molecular weight excluding hydrogens is 246 g/mol. The van der Waals surface area contributed by atoms with E-state index in [4.69, 9.17) is 0 Å². The van der Waals surface area contributed by atoms with Crippen molar-refractivity contribution in [2.75, 3.05) is 11.9 Å². The van der Waals surface area contributed by atoms with E-state index in [1.54, 1.807) is 0 Å². The molecule has 2 heteroatoms. The molecule has 0 unspecified atom stereocenters. The van der Waals surface area contributed by atoms with Crippen LogP contribution in [0.1, 0.15) is 32.1 Å². The van der Waals surface area contributed by atoms with Crippen LogP contribution >= 0.6 is 0 Å². The Balaban J connectivity index is 1.76. The molecular formula is C18H21NO. The van der Waals surface area contributed by atoms with Crippen molar-refractivity contribution in [1.29, 1.82) is 0 Å². The predicted molar refractivity (Wildman–Crippen MR) is 83.9 cm³/mol. The van der Waals surface area contributed by atoms with Crippen LogP contribution < -0.4 is 4.90 Å². The van der Waals surface area contributed by atoms with Gasteiger partial charge in [-0.15, -0.1) is 0 Å². The Morgan fingerprint density at radius 3 is 2.55 bits per heavy atom. The van der Waals surface area contributed by atoms with Crippen molar-refractivity contribution in [2.45, 2.75) is 32.1 Å². The first-order valence-corrected chi connectivity index (χ1v) is 7.49. The standard InChI is InChI=1S/C18H21NO/c1-19(18(20)12-14-6-2-3-7-14)17-11-10-15-8-4-5-9-16(15)13-17/h4-5,8-11,13-14H,2-3,6-7,12H2,1H3. The number of carbonyl (C=O) groups excluding carboxylic acids is 1. The van der Waals surface area contributed by atoms with Gasteiger partial charge in [-0.1, -0.05) is 43.2 Å². The Kier molecular flexibility index (Phi) is 3.72. The molecule has 2 aromatic rings. The fourth-order valence-corrected chi connectivity index (χ4v) is 3.13. The van der Waals surface area contributed by atoms with E-state index in [0.717, 1.165) is 5.69 Å². The normalized spacial score (nSPS) is 15.7. The van der Waals surface area contributed by atoms with Crippen molar-refractivity contribution >= 4 is 22.4 Å². The summed E-state index contributed by atoms with van der Waals surface area (Å²) in [6.45, 7) is 0. The number of carbonyl (C=O) groups is 1. The van der Waals surface area contributed by atoms with Gasteiger partial charge in [-0.25, -0.2) is 0 Å². The number of fused-ring (bicyclic) bond motifs is 1. The van der Waals surface area contributed by atoms with Crippen molar-refractivity contribution in [1.82, 2.24) is 0 Å². The summed E-state index contributed by atoms with van der Waals surface area (Å²) in [5.41, 5.74) is 0.992. The van der Waals surface area contributed by atoms with E-state index in [1.807, 2.05) is 30.1 Å². The van der Waals surface area contributed by atoms with Gasteiger partial charge in [0.05, 0.1) is 0 Å². The van der Waals surface area contributed by atoms with Crippen LogP contribution in [0.2, 0.25) is 0 Å². The van der Waals surface area contributed by atoms with E-state index in [1.165, 1.54) is 36.5 Å². The van der Waals surface area contributed by atoms with Gasteiger partial charge in [0.2, 0.25) is 5.91 Å². The number of amides is 1. The molecule has 1 aliphatic carbocycles. The van der Waals surface area contributed by atoms with E-state index in [0.29, 0.717) is 12.3 Å². The smallest absolute Gasteiger partial charge is 0.226 e. The zero-order chi connectivity index (χ0) is 13.9. The third-order valence-corrected chi connectivity index (χ3v) is 4.43. The molecule has 1 fully saturated rings. The number of benzene rings is 2. The highest BCUT2D eigenvalue weighted by Gasteiger charge is 2.21. The van der Waals surface area contributed by atoms with Crippen LogP contribution in [0.4, 0.5) is 5.69 Å². The van der Waals surface area contributed by atoms with Gasteiger partial charge in [-0.2, -0.15) is 0 Å². The molecule has 0 N–H and O–H groups in total. The molecule has 0 radical (unpaired) electrons. The second-order valence-electron chi connectivity index (χ2n) is 5.84. The second kappa shape index (κ2) is 5.66. The number of rotatable bonds is 3. The van der Waals surface area contributed by atoms with E-state index in [9.17, 15) is 4.79 Å². The maximum absolute atomic E-state index is 12.4. The number of anilines is 1. The molecule has 0 saturated heterocycles. The van der Waals surface area contributed by atoms with Gasteiger partial charge in [0.1, 0.15) is 0 Å². The zero-order valence-electron chi connectivity index (χ0n) is 12.0. The molecule has 1 saturated carbocycles. The van der Waals surface area contributed by atoms with E-state index in [2.05, 4.69) is 24.3 Å². The summed E-state index contributed by atoms with van der Waals surface area (Å²) in [7, 11) is 1.89. The Morgan fingerprint density at radius 2 is 1.80 bits per heavy atom. The van der Waals surface area contributed by atoms with E-state index < -0.39 is 0 Å². The highest BCUT2D eigenvalue weighted by molar-refractivity contribution is 5.96. The van der Waals surface area contributed by atoms with Crippen molar-refractivity contribution < 1.29 is 4.79 Å². The van der Waals surface area contributed by atoms with Crippen LogP contribution in [0, 0.1) is 5.92 Å². The van der Waals surface area contributed by atoms with Crippen LogP contribution in [0.5, 0.6) is 0 Å². The van der Waals surface area contributed by atoms with Crippen molar-refractivity contribution in [2.24, 2.45) is 5.92 Å². The molecule has 20 heavy (non-hydrogen) atoms. The largest absolute Gasteiger partial charge is 0.315 e. The molecule has 0 atom stereocenters. The summed E-state index contributed by atoms with van der Waals surface area (Å²) in [5, 5.41) is 2.40. The van der Waals surface area contributed by atoms with Crippen LogP contribution in [0.25, 0.3) is 10.8 Å². The first-order chi connectivity index (χ1) is 9.74. The number of hydrogen-bond acceptors (Lipinski definition) is 1. The third-order valence-electron chi connectivity index (χ3n) is 4.43. The number of hydrogen-bond donors (Lipinski definition) is 0. The van der Waals surface area contributed by atoms with Crippen LogP contribution in [0.15, 0.2) is 42.5 Å². The minimum absolute atomic E-state index is 0.243. The fourth-order valence-electron chi connectivity index (χ4n) is 3.13. The monoisotopic (exact) mass is 267 g/mol. The second-order valence-corrected chi connectivity index (χ2v) is 5.84. The van der Waals surface area contributed by atoms with Gasteiger partial charge in [-0.05, 0) is 41.7 Å². The van der Waals surface area contributed by atoms with Gasteiger partial charge in [0.25, 0.3) is 0 Å². The van der Waals surface area contributed by atoms with Gasteiger partial charge < -0.3 is 4.90 Å².